The molecule has 9 nitrogen and oxygen atoms in total. The predicted octanol–water partition coefficient (Wildman–Crippen LogP) is 11.9. The lowest BCUT2D eigenvalue weighted by atomic mass is 9.81. The molecule has 4 N–H and O–H groups in total. The highest BCUT2D eigenvalue weighted by Crippen LogP contribution is 2.31. The van der Waals surface area contributed by atoms with Crippen LogP contribution in [-0.4, -0.2) is 49.9 Å². The van der Waals surface area contributed by atoms with Gasteiger partial charge in [0.05, 0.1) is 19.1 Å². The van der Waals surface area contributed by atoms with Gasteiger partial charge in [-0.3, -0.25) is 14.4 Å². The average Bonchev–Trinajstić information content (AvgIpc) is 3.06. The summed E-state index contributed by atoms with van der Waals surface area (Å²) in [5.74, 6) is -0.470. The van der Waals surface area contributed by atoms with Crippen molar-refractivity contribution >= 4 is 17.9 Å². The lowest BCUT2D eigenvalue weighted by Crippen LogP contribution is -2.31. The second-order valence-electron chi connectivity index (χ2n) is 14.4. The number of rotatable bonds is 29. The Morgan fingerprint density at radius 1 is 0.745 bits per heavy atom. The van der Waals surface area contributed by atoms with E-state index in [1.165, 1.54) is 71.1 Å². The molecule has 0 aliphatic heterocycles. The molecule has 0 spiro atoms. The van der Waals surface area contributed by atoms with Crippen molar-refractivity contribution in [1.29, 1.82) is 0 Å². The number of ether oxygens (including phenoxy) is 3. The molecule has 1 unspecified atom stereocenters. The molecule has 0 heterocycles. The van der Waals surface area contributed by atoms with Crippen LogP contribution in [0.1, 0.15) is 204 Å². The van der Waals surface area contributed by atoms with Crippen molar-refractivity contribution in [1.82, 2.24) is 11.6 Å². The molecule has 0 rings (SSSR count). The highest BCUT2D eigenvalue weighted by molar-refractivity contribution is 5.76. The molecule has 51 heavy (non-hydrogen) atoms. The molecule has 0 saturated heterocycles. The van der Waals surface area contributed by atoms with Crippen molar-refractivity contribution in [2.45, 2.75) is 216 Å². The molecule has 0 bridgehead atoms. The molecule has 0 radical (unpaired) electrons. The SMILES string of the molecule is C/C=C\CCC(C)(CCCNOC)C(=O)OCCCCC(=O)OC(CCCCCCCC)CCCCCCCC.CC.CC(=O)OC(C)(C)C.N. The van der Waals surface area contributed by atoms with Gasteiger partial charge in [-0.05, 0) is 98.8 Å². The van der Waals surface area contributed by atoms with Crippen LogP contribution in [0, 0.1) is 5.41 Å². The van der Waals surface area contributed by atoms with Crippen LogP contribution in [0.3, 0.4) is 0 Å². The van der Waals surface area contributed by atoms with E-state index >= 15 is 0 Å². The summed E-state index contributed by atoms with van der Waals surface area (Å²) in [5.41, 5.74) is 2.00. The van der Waals surface area contributed by atoms with Gasteiger partial charge in [0.2, 0.25) is 0 Å². The summed E-state index contributed by atoms with van der Waals surface area (Å²) in [5, 5.41) is 0. The third kappa shape index (κ3) is 40.7. The number of hydrogen-bond acceptors (Lipinski definition) is 9. The Morgan fingerprint density at radius 3 is 1.73 bits per heavy atom. The lowest BCUT2D eigenvalue weighted by molar-refractivity contribution is -0.156. The number of hydroxylamine groups is 1. The monoisotopic (exact) mass is 731 g/mol. The van der Waals surface area contributed by atoms with Gasteiger partial charge in [0.15, 0.2) is 0 Å². The fourth-order valence-electron chi connectivity index (χ4n) is 5.50. The van der Waals surface area contributed by atoms with E-state index in [1.807, 2.05) is 54.5 Å². The Labute approximate surface area is 316 Å². The number of esters is 3. The summed E-state index contributed by atoms with van der Waals surface area (Å²) < 4.78 is 16.4. The summed E-state index contributed by atoms with van der Waals surface area (Å²) in [6, 6.07) is 0. The number of carbonyl (C=O) groups is 3. The quantitative estimate of drug-likeness (QED) is 0.0253. The molecule has 306 valence electrons. The van der Waals surface area contributed by atoms with Crippen LogP contribution in [-0.2, 0) is 33.4 Å². The first-order valence-corrected chi connectivity index (χ1v) is 20.3. The molecule has 0 amide bonds. The summed E-state index contributed by atoms with van der Waals surface area (Å²) in [6.45, 7) is 20.5. The van der Waals surface area contributed by atoms with Gasteiger partial charge in [0.25, 0.3) is 0 Å². The van der Waals surface area contributed by atoms with E-state index in [1.54, 1.807) is 7.11 Å². The second-order valence-corrected chi connectivity index (χ2v) is 14.4. The Hall–Kier alpha value is -1.97. The fourth-order valence-corrected chi connectivity index (χ4v) is 5.50. The highest BCUT2D eigenvalue weighted by atomic mass is 16.6. The van der Waals surface area contributed by atoms with Crippen LogP contribution in [0.15, 0.2) is 12.2 Å². The van der Waals surface area contributed by atoms with Gasteiger partial charge in [-0.25, -0.2) is 5.48 Å². The van der Waals surface area contributed by atoms with Gasteiger partial charge < -0.3 is 25.2 Å². The van der Waals surface area contributed by atoms with Gasteiger partial charge in [0.1, 0.15) is 11.7 Å². The second kappa shape index (κ2) is 39.2. The first-order valence-electron chi connectivity index (χ1n) is 20.3. The molecular weight excluding hydrogens is 644 g/mol. The summed E-state index contributed by atoms with van der Waals surface area (Å²) in [7, 11) is 1.60. The maximum Gasteiger partial charge on any atom is 0.311 e. The van der Waals surface area contributed by atoms with E-state index in [-0.39, 0.29) is 35.8 Å². The normalized spacial score (nSPS) is 12.2. The van der Waals surface area contributed by atoms with Crippen molar-refractivity contribution in [3.63, 3.8) is 0 Å². The number of allylic oxidation sites excluding steroid dienone is 2. The van der Waals surface area contributed by atoms with Crippen molar-refractivity contribution in [2.24, 2.45) is 5.41 Å². The van der Waals surface area contributed by atoms with Gasteiger partial charge >= 0.3 is 17.9 Å². The van der Waals surface area contributed by atoms with Crippen LogP contribution in [0.4, 0.5) is 0 Å². The molecule has 0 aromatic carbocycles. The zero-order chi connectivity index (χ0) is 38.5. The number of unbranched alkanes of at least 4 members (excludes halogenated alkanes) is 11. The number of nitrogens with one attached hydrogen (secondary N) is 1. The molecule has 0 aliphatic carbocycles. The number of carbonyl (C=O) groups excluding carboxylic acids is 3. The zero-order valence-electron chi connectivity index (χ0n) is 35.6. The largest absolute Gasteiger partial charge is 0.465 e. The minimum atomic E-state index is -0.520. The van der Waals surface area contributed by atoms with Crippen molar-refractivity contribution in [2.75, 3.05) is 20.3 Å². The van der Waals surface area contributed by atoms with Crippen LogP contribution in [0.5, 0.6) is 0 Å². The Morgan fingerprint density at radius 2 is 1.27 bits per heavy atom. The molecule has 0 aromatic rings. The topological polar surface area (TPSA) is 135 Å². The van der Waals surface area contributed by atoms with Crippen molar-refractivity contribution < 1.29 is 33.4 Å². The summed E-state index contributed by atoms with van der Waals surface area (Å²) in [6.07, 6.45) is 26.1. The lowest BCUT2D eigenvalue weighted by Gasteiger charge is -2.27. The van der Waals surface area contributed by atoms with Crippen molar-refractivity contribution in [3.8, 4) is 0 Å². The third-order valence-corrected chi connectivity index (χ3v) is 8.26. The van der Waals surface area contributed by atoms with E-state index in [0.29, 0.717) is 32.4 Å². The van der Waals surface area contributed by atoms with E-state index < -0.39 is 5.41 Å². The predicted molar refractivity (Wildman–Crippen MR) is 215 cm³/mol. The summed E-state index contributed by atoms with van der Waals surface area (Å²) in [4.78, 5) is 40.7. The molecule has 0 saturated carbocycles. The molecular formula is C42H86N2O7. The highest BCUT2D eigenvalue weighted by Gasteiger charge is 2.33. The maximum absolute atomic E-state index is 12.9. The first-order chi connectivity index (χ1) is 23.8. The smallest absolute Gasteiger partial charge is 0.311 e. The van der Waals surface area contributed by atoms with Gasteiger partial charge in [-0.15, -0.1) is 0 Å². The first kappa shape index (κ1) is 55.8. The Bertz CT molecular complexity index is 798. The van der Waals surface area contributed by atoms with Crippen molar-refractivity contribution in [3.05, 3.63) is 12.2 Å². The summed E-state index contributed by atoms with van der Waals surface area (Å²) >= 11 is 0. The molecule has 9 heteroatoms. The fraction of sp³-hybridized carbons (Fsp3) is 0.881. The minimum absolute atomic E-state index is 0. The minimum Gasteiger partial charge on any atom is -0.465 e. The molecule has 0 aromatic heterocycles. The molecule has 0 aliphatic rings. The van der Waals surface area contributed by atoms with E-state index in [0.717, 1.165) is 51.4 Å². The zero-order valence-corrected chi connectivity index (χ0v) is 35.6. The van der Waals surface area contributed by atoms with Crippen LogP contribution < -0.4 is 11.6 Å². The van der Waals surface area contributed by atoms with Crippen LogP contribution >= 0.6 is 0 Å². The standard InChI is InChI=1S/C34H65NO5.C6H12O2.C2H6.H3N/c1-6-9-12-14-16-18-24-31(25-19-17-15-13-10-7-2)40-32(36)26-20-22-30-39-33(37)34(4,27-21-11-8-3)28-23-29-35-38-5;1-5(7)8-6(2,3)4;1-2;/h8,11,31,35H,6-7,9-10,12-30H2,1-5H3;1-4H3;1-2H3;1H3/b11-8-;;;. The Balaban J connectivity index is -0.000000876. The third-order valence-electron chi connectivity index (χ3n) is 8.26. The van der Waals surface area contributed by atoms with Gasteiger partial charge in [-0.2, -0.15) is 0 Å². The average molecular weight is 731 g/mol. The number of hydrogen-bond donors (Lipinski definition) is 2. The van der Waals surface area contributed by atoms with E-state index in [9.17, 15) is 14.4 Å². The molecule has 1 atom stereocenters. The van der Waals surface area contributed by atoms with E-state index in [2.05, 4.69) is 25.4 Å². The van der Waals surface area contributed by atoms with Crippen LogP contribution in [0.2, 0.25) is 0 Å². The molecule has 0 fully saturated rings. The van der Waals surface area contributed by atoms with E-state index in [4.69, 9.17) is 19.0 Å². The van der Waals surface area contributed by atoms with Gasteiger partial charge in [0, 0.05) is 19.9 Å². The van der Waals surface area contributed by atoms with Gasteiger partial charge in [-0.1, -0.05) is 104 Å². The Kier molecular flexibility index (Phi) is 42.9. The van der Waals surface area contributed by atoms with Crippen LogP contribution in [0.25, 0.3) is 0 Å². The maximum atomic E-state index is 12.9.